The standard InChI is InChI=1S/C21H17F3N4O.ClH/c22-21(23,24)13-7-5-12(6-8-13)18-19-15(14-3-1-2-4-16(14)27-19)11-17(28-18)20(29)26-10-9-25;/h1-8,11,27H,9-10,25H2,(H,26,29);1H. The van der Waals surface area contributed by atoms with Crippen LogP contribution in [-0.2, 0) is 6.18 Å². The third-order valence-corrected chi connectivity index (χ3v) is 4.64. The van der Waals surface area contributed by atoms with Gasteiger partial charge in [-0.3, -0.25) is 4.79 Å². The lowest BCUT2D eigenvalue weighted by Gasteiger charge is -2.10. The molecule has 0 saturated heterocycles. The van der Waals surface area contributed by atoms with Gasteiger partial charge in [0.2, 0.25) is 0 Å². The van der Waals surface area contributed by atoms with Crippen LogP contribution in [0, 0.1) is 0 Å². The Morgan fingerprint density at radius 3 is 2.43 bits per heavy atom. The summed E-state index contributed by atoms with van der Waals surface area (Å²) in [7, 11) is 0. The van der Waals surface area contributed by atoms with Crippen molar-refractivity contribution in [2.45, 2.75) is 6.18 Å². The summed E-state index contributed by atoms with van der Waals surface area (Å²) in [4.78, 5) is 20.2. The van der Waals surface area contributed by atoms with E-state index in [-0.39, 0.29) is 24.6 Å². The third-order valence-electron chi connectivity index (χ3n) is 4.64. The normalized spacial score (nSPS) is 11.5. The second-order valence-electron chi connectivity index (χ2n) is 6.57. The molecule has 0 aliphatic carbocycles. The zero-order valence-corrected chi connectivity index (χ0v) is 16.4. The van der Waals surface area contributed by atoms with Gasteiger partial charge in [0.15, 0.2) is 0 Å². The zero-order chi connectivity index (χ0) is 20.6. The Morgan fingerprint density at radius 1 is 1.07 bits per heavy atom. The molecule has 0 fully saturated rings. The Balaban J connectivity index is 0.00000256. The molecule has 9 heteroatoms. The van der Waals surface area contributed by atoms with E-state index in [0.717, 1.165) is 28.4 Å². The number of aromatic nitrogens is 2. The second-order valence-corrected chi connectivity index (χ2v) is 6.57. The molecule has 0 saturated carbocycles. The monoisotopic (exact) mass is 434 g/mol. The summed E-state index contributed by atoms with van der Waals surface area (Å²) in [6, 6.07) is 14.0. The number of benzene rings is 2. The number of para-hydroxylation sites is 1. The van der Waals surface area contributed by atoms with Gasteiger partial charge in [0.25, 0.3) is 5.91 Å². The highest BCUT2D eigenvalue weighted by molar-refractivity contribution is 6.13. The number of alkyl halides is 3. The van der Waals surface area contributed by atoms with E-state index in [1.807, 2.05) is 24.3 Å². The number of fused-ring (bicyclic) bond motifs is 3. The van der Waals surface area contributed by atoms with Gasteiger partial charge in [0, 0.05) is 34.9 Å². The number of pyridine rings is 1. The van der Waals surface area contributed by atoms with Gasteiger partial charge in [-0.1, -0.05) is 30.3 Å². The Hall–Kier alpha value is -3.10. The highest BCUT2D eigenvalue weighted by atomic mass is 35.5. The van der Waals surface area contributed by atoms with Crippen molar-refractivity contribution >= 4 is 40.1 Å². The molecule has 2 heterocycles. The molecule has 0 aliphatic heterocycles. The Morgan fingerprint density at radius 2 is 1.77 bits per heavy atom. The minimum Gasteiger partial charge on any atom is -0.353 e. The summed E-state index contributed by atoms with van der Waals surface area (Å²) in [6.07, 6.45) is -4.42. The van der Waals surface area contributed by atoms with Gasteiger partial charge in [0.05, 0.1) is 16.8 Å². The van der Waals surface area contributed by atoms with E-state index in [4.69, 9.17) is 5.73 Å². The van der Waals surface area contributed by atoms with Crippen molar-refractivity contribution in [2.24, 2.45) is 5.73 Å². The summed E-state index contributed by atoms with van der Waals surface area (Å²) in [5.41, 5.74) is 7.25. The van der Waals surface area contributed by atoms with E-state index in [2.05, 4.69) is 15.3 Å². The number of nitrogens with two attached hydrogens (primary N) is 1. The number of nitrogens with zero attached hydrogens (tertiary/aromatic N) is 1. The van der Waals surface area contributed by atoms with Crippen LogP contribution in [0.5, 0.6) is 0 Å². The molecule has 0 bridgehead atoms. The first-order valence-electron chi connectivity index (χ1n) is 8.96. The van der Waals surface area contributed by atoms with E-state index in [9.17, 15) is 18.0 Å². The van der Waals surface area contributed by atoms with Crippen LogP contribution in [0.3, 0.4) is 0 Å². The number of hydrogen-bond acceptors (Lipinski definition) is 3. The summed E-state index contributed by atoms with van der Waals surface area (Å²) < 4.78 is 38.8. The minimum absolute atomic E-state index is 0. The lowest BCUT2D eigenvalue weighted by molar-refractivity contribution is -0.137. The fourth-order valence-electron chi connectivity index (χ4n) is 3.26. The van der Waals surface area contributed by atoms with Crippen molar-refractivity contribution in [1.29, 1.82) is 0 Å². The highest BCUT2D eigenvalue weighted by Gasteiger charge is 2.30. The number of carbonyl (C=O) groups is 1. The quantitative estimate of drug-likeness (QED) is 0.442. The average molecular weight is 435 g/mol. The molecule has 0 unspecified atom stereocenters. The van der Waals surface area contributed by atoms with Crippen molar-refractivity contribution < 1.29 is 18.0 Å². The molecular formula is C21H18ClF3N4O. The van der Waals surface area contributed by atoms with Crippen molar-refractivity contribution in [3.8, 4) is 11.3 Å². The van der Waals surface area contributed by atoms with E-state index < -0.39 is 17.6 Å². The molecule has 1 amide bonds. The van der Waals surface area contributed by atoms with Crippen LogP contribution in [0.15, 0.2) is 54.6 Å². The number of aromatic amines is 1. The smallest absolute Gasteiger partial charge is 0.353 e. The van der Waals surface area contributed by atoms with Crippen LogP contribution in [-0.4, -0.2) is 29.0 Å². The number of amides is 1. The third kappa shape index (κ3) is 3.96. The van der Waals surface area contributed by atoms with Gasteiger partial charge < -0.3 is 16.0 Å². The van der Waals surface area contributed by atoms with Crippen LogP contribution in [0.25, 0.3) is 33.1 Å². The molecule has 5 nitrogen and oxygen atoms in total. The number of halogens is 4. The van der Waals surface area contributed by atoms with Gasteiger partial charge in [-0.25, -0.2) is 4.98 Å². The van der Waals surface area contributed by atoms with Crippen LogP contribution < -0.4 is 11.1 Å². The first-order chi connectivity index (χ1) is 13.9. The first-order valence-corrected chi connectivity index (χ1v) is 8.96. The number of carbonyl (C=O) groups excluding carboxylic acids is 1. The summed E-state index contributed by atoms with van der Waals surface area (Å²) in [5.74, 6) is -0.393. The lowest BCUT2D eigenvalue weighted by atomic mass is 10.0. The van der Waals surface area contributed by atoms with Gasteiger partial charge in [-0.05, 0) is 24.3 Å². The minimum atomic E-state index is -4.42. The lowest BCUT2D eigenvalue weighted by Crippen LogP contribution is -2.29. The van der Waals surface area contributed by atoms with E-state index in [1.165, 1.54) is 12.1 Å². The largest absolute Gasteiger partial charge is 0.416 e. The van der Waals surface area contributed by atoms with Gasteiger partial charge >= 0.3 is 6.18 Å². The Kier molecular flexibility index (Phi) is 6.00. The second kappa shape index (κ2) is 8.33. The molecule has 0 radical (unpaired) electrons. The maximum absolute atomic E-state index is 12.9. The van der Waals surface area contributed by atoms with Crippen LogP contribution >= 0.6 is 12.4 Å². The van der Waals surface area contributed by atoms with Crippen LogP contribution in [0.4, 0.5) is 13.2 Å². The topological polar surface area (TPSA) is 83.8 Å². The number of H-pyrrole nitrogens is 1. The molecule has 0 aliphatic rings. The number of nitrogens with one attached hydrogen (secondary N) is 2. The number of rotatable bonds is 4. The predicted molar refractivity (Wildman–Crippen MR) is 113 cm³/mol. The van der Waals surface area contributed by atoms with Crippen molar-refractivity contribution in [1.82, 2.24) is 15.3 Å². The maximum Gasteiger partial charge on any atom is 0.416 e. The Labute approximate surface area is 175 Å². The van der Waals surface area contributed by atoms with E-state index in [1.54, 1.807) is 6.07 Å². The molecule has 0 spiro atoms. The van der Waals surface area contributed by atoms with Crippen molar-refractivity contribution in [3.63, 3.8) is 0 Å². The summed E-state index contributed by atoms with van der Waals surface area (Å²) in [6.45, 7) is 0.578. The Bertz CT molecular complexity index is 1200. The molecule has 4 rings (SSSR count). The van der Waals surface area contributed by atoms with Crippen LogP contribution in [0.1, 0.15) is 16.1 Å². The van der Waals surface area contributed by atoms with E-state index in [0.29, 0.717) is 23.3 Å². The molecule has 0 atom stereocenters. The maximum atomic E-state index is 12.9. The number of hydrogen-bond donors (Lipinski definition) is 3. The first kappa shape index (κ1) is 21.6. The SMILES string of the molecule is Cl.NCCNC(=O)c1cc2c([nH]c3ccccc32)c(-c2ccc(C(F)(F)F)cc2)n1. The molecular weight excluding hydrogens is 417 g/mol. The molecule has 4 aromatic rings. The van der Waals surface area contributed by atoms with Crippen molar-refractivity contribution in [3.05, 3.63) is 65.9 Å². The van der Waals surface area contributed by atoms with Gasteiger partial charge in [-0.2, -0.15) is 13.2 Å². The average Bonchev–Trinajstić information content (AvgIpc) is 3.09. The fourth-order valence-corrected chi connectivity index (χ4v) is 3.26. The van der Waals surface area contributed by atoms with Crippen LogP contribution in [0.2, 0.25) is 0 Å². The van der Waals surface area contributed by atoms with Crippen molar-refractivity contribution in [2.75, 3.05) is 13.1 Å². The van der Waals surface area contributed by atoms with E-state index >= 15 is 0 Å². The molecule has 2 aromatic carbocycles. The highest BCUT2D eigenvalue weighted by Crippen LogP contribution is 2.35. The molecule has 4 N–H and O–H groups in total. The van der Waals surface area contributed by atoms with Gasteiger partial charge in [-0.15, -0.1) is 12.4 Å². The van der Waals surface area contributed by atoms with Gasteiger partial charge in [0.1, 0.15) is 5.69 Å². The molecule has 156 valence electrons. The summed E-state index contributed by atoms with van der Waals surface area (Å²) in [5, 5.41) is 4.34. The predicted octanol–water partition coefficient (Wildman–Crippen LogP) is 4.51. The summed E-state index contributed by atoms with van der Waals surface area (Å²) >= 11 is 0. The zero-order valence-electron chi connectivity index (χ0n) is 15.6. The fraction of sp³-hybridized carbons (Fsp3) is 0.143. The molecule has 2 aromatic heterocycles. The molecule has 30 heavy (non-hydrogen) atoms.